The Hall–Kier alpha value is -2.51. The van der Waals surface area contributed by atoms with E-state index in [-0.39, 0.29) is 24.5 Å². The third-order valence-corrected chi connectivity index (χ3v) is 6.29. The molecule has 0 aromatic heterocycles. The summed E-state index contributed by atoms with van der Waals surface area (Å²) >= 11 is 7.37. The third kappa shape index (κ3) is 8.93. The molecule has 0 radical (unpaired) electrons. The van der Waals surface area contributed by atoms with Crippen LogP contribution in [0.1, 0.15) is 43.2 Å². The summed E-state index contributed by atoms with van der Waals surface area (Å²) in [7, 11) is 0. The van der Waals surface area contributed by atoms with Gasteiger partial charge in [0, 0.05) is 16.8 Å². The smallest absolute Gasteiger partial charge is 0.258 e. The van der Waals surface area contributed by atoms with E-state index in [9.17, 15) is 9.59 Å². The fourth-order valence-corrected chi connectivity index (χ4v) is 4.27. The number of hydrazone groups is 1. The van der Waals surface area contributed by atoms with Gasteiger partial charge in [-0.25, -0.2) is 5.43 Å². The lowest BCUT2D eigenvalue weighted by molar-refractivity contribution is -0.124. The van der Waals surface area contributed by atoms with Gasteiger partial charge >= 0.3 is 0 Å². The fourth-order valence-electron chi connectivity index (χ4n) is 3.37. The largest absolute Gasteiger partial charge is 0.484 e. The molecule has 0 saturated heterocycles. The minimum atomic E-state index is -0.163. The number of nitrogens with zero attached hydrogens (tertiary/aromatic N) is 1. The molecule has 32 heavy (non-hydrogen) atoms. The number of halogens is 1. The Bertz CT molecular complexity index is 898. The molecule has 3 rings (SSSR count). The number of nitrogens with one attached hydrogen (secondary N) is 2. The van der Waals surface area contributed by atoms with Crippen LogP contribution < -0.4 is 15.5 Å². The zero-order valence-electron chi connectivity index (χ0n) is 17.9. The molecule has 0 bridgehead atoms. The summed E-state index contributed by atoms with van der Waals surface area (Å²) < 4.78 is 5.56. The van der Waals surface area contributed by atoms with E-state index in [0.29, 0.717) is 16.5 Å². The summed E-state index contributed by atoms with van der Waals surface area (Å²) in [5.74, 6) is 1.41. The molecule has 8 heteroatoms. The van der Waals surface area contributed by atoms with Crippen LogP contribution >= 0.6 is 23.4 Å². The molecule has 1 saturated carbocycles. The van der Waals surface area contributed by atoms with Gasteiger partial charge in [-0.05, 0) is 60.4 Å². The van der Waals surface area contributed by atoms with Crippen LogP contribution in [-0.2, 0) is 15.3 Å². The van der Waals surface area contributed by atoms with Gasteiger partial charge < -0.3 is 10.1 Å². The average molecular weight is 474 g/mol. The molecule has 0 aliphatic heterocycles. The number of thioether (sulfide) groups is 1. The first-order valence-corrected chi connectivity index (χ1v) is 12.3. The Morgan fingerprint density at radius 3 is 2.47 bits per heavy atom. The highest BCUT2D eigenvalue weighted by atomic mass is 35.5. The van der Waals surface area contributed by atoms with Crippen molar-refractivity contribution in [2.75, 3.05) is 12.4 Å². The van der Waals surface area contributed by atoms with Gasteiger partial charge in [-0.3, -0.25) is 9.59 Å². The molecule has 6 nitrogen and oxygen atoms in total. The van der Waals surface area contributed by atoms with Crippen LogP contribution in [0.3, 0.4) is 0 Å². The molecule has 1 fully saturated rings. The van der Waals surface area contributed by atoms with Crippen molar-refractivity contribution in [3.05, 3.63) is 64.7 Å². The van der Waals surface area contributed by atoms with Crippen molar-refractivity contribution in [2.45, 2.75) is 43.9 Å². The second kappa shape index (κ2) is 13.1. The summed E-state index contributed by atoms with van der Waals surface area (Å²) in [6.45, 7) is 0.00762. The highest BCUT2D eigenvalue weighted by molar-refractivity contribution is 7.99. The van der Waals surface area contributed by atoms with E-state index in [1.807, 2.05) is 36.4 Å². The van der Waals surface area contributed by atoms with Gasteiger partial charge in [0.15, 0.2) is 6.61 Å². The number of amides is 2. The molecule has 170 valence electrons. The van der Waals surface area contributed by atoms with Crippen LogP contribution in [0, 0.1) is 0 Å². The lowest BCUT2D eigenvalue weighted by atomic mass is 9.95. The van der Waals surface area contributed by atoms with Gasteiger partial charge in [-0.15, -0.1) is 11.8 Å². The molecule has 0 spiro atoms. The second-order valence-corrected chi connectivity index (χ2v) is 9.09. The highest BCUT2D eigenvalue weighted by Gasteiger charge is 2.15. The number of carbonyl (C=O) groups is 2. The minimum Gasteiger partial charge on any atom is -0.484 e. The molecule has 0 heterocycles. The number of hydrogen-bond acceptors (Lipinski definition) is 5. The van der Waals surface area contributed by atoms with E-state index < -0.39 is 0 Å². The summed E-state index contributed by atoms with van der Waals surface area (Å²) in [6, 6.07) is 15.0. The van der Waals surface area contributed by atoms with Crippen LogP contribution in [0.4, 0.5) is 0 Å². The predicted octanol–water partition coefficient (Wildman–Crippen LogP) is 4.55. The van der Waals surface area contributed by atoms with E-state index in [1.54, 1.807) is 18.3 Å². The van der Waals surface area contributed by atoms with Gasteiger partial charge in [-0.2, -0.15) is 5.10 Å². The molecular formula is C24H28ClN3O3S. The Kier molecular flexibility index (Phi) is 9.91. The molecular weight excluding hydrogens is 446 g/mol. The molecule has 2 aromatic rings. The van der Waals surface area contributed by atoms with Crippen LogP contribution in [0.5, 0.6) is 5.75 Å². The van der Waals surface area contributed by atoms with Gasteiger partial charge in [0.05, 0.1) is 12.0 Å². The molecule has 0 atom stereocenters. The minimum absolute atomic E-state index is 0.00762. The fraction of sp³-hybridized carbons (Fsp3) is 0.375. The molecule has 2 N–H and O–H groups in total. The summed E-state index contributed by atoms with van der Waals surface area (Å²) in [4.78, 5) is 23.9. The van der Waals surface area contributed by atoms with Crippen molar-refractivity contribution >= 4 is 41.4 Å². The number of carbonyl (C=O) groups excluding carboxylic acids is 2. The summed E-state index contributed by atoms with van der Waals surface area (Å²) in [6.07, 6.45) is 7.29. The third-order valence-electron chi connectivity index (χ3n) is 5.04. The van der Waals surface area contributed by atoms with Gasteiger partial charge in [0.25, 0.3) is 5.91 Å². The monoisotopic (exact) mass is 473 g/mol. The number of ether oxygens (including phenoxy) is 1. The van der Waals surface area contributed by atoms with Crippen LogP contribution in [0.15, 0.2) is 53.6 Å². The number of hydrogen-bond donors (Lipinski definition) is 2. The Morgan fingerprint density at radius 2 is 1.75 bits per heavy atom. The normalized spacial score (nSPS) is 14.3. The van der Waals surface area contributed by atoms with Crippen LogP contribution in [0.2, 0.25) is 5.02 Å². The lowest BCUT2D eigenvalue weighted by Gasteiger charge is -2.22. The van der Waals surface area contributed by atoms with E-state index >= 15 is 0 Å². The average Bonchev–Trinajstić information content (AvgIpc) is 2.80. The second-order valence-electron chi connectivity index (χ2n) is 7.67. The number of benzene rings is 2. The Labute approximate surface area is 198 Å². The maximum atomic E-state index is 12.0. The van der Waals surface area contributed by atoms with Crippen LogP contribution in [-0.4, -0.2) is 36.4 Å². The van der Waals surface area contributed by atoms with Gasteiger partial charge in [0.1, 0.15) is 5.75 Å². The van der Waals surface area contributed by atoms with Crippen molar-refractivity contribution < 1.29 is 14.3 Å². The molecule has 2 aromatic carbocycles. The zero-order chi connectivity index (χ0) is 22.6. The van der Waals surface area contributed by atoms with Crippen molar-refractivity contribution in [2.24, 2.45) is 5.10 Å². The maximum Gasteiger partial charge on any atom is 0.258 e. The van der Waals surface area contributed by atoms with Crippen molar-refractivity contribution in [1.82, 2.24) is 10.7 Å². The maximum absolute atomic E-state index is 12.0. The van der Waals surface area contributed by atoms with E-state index in [0.717, 1.165) is 29.7 Å². The lowest BCUT2D eigenvalue weighted by Crippen LogP contribution is -2.38. The van der Waals surface area contributed by atoms with Crippen molar-refractivity contribution in [1.29, 1.82) is 0 Å². The molecule has 0 unspecified atom stereocenters. The highest BCUT2D eigenvalue weighted by Crippen LogP contribution is 2.18. The predicted molar refractivity (Wildman–Crippen MR) is 130 cm³/mol. The first-order valence-electron chi connectivity index (χ1n) is 10.7. The summed E-state index contributed by atoms with van der Waals surface area (Å²) in [5.41, 5.74) is 4.46. The standard InChI is InChI=1S/C24H28ClN3O3S/c25-20-10-6-19(7-11-20)16-32-17-24(30)28-26-14-18-8-12-22(13-9-18)31-15-23(29)27-21-4-2-1-3-5-21/h6-14,21H,1-5,15-17H2,(H,27,29)(H,28,30)/b26-14-. The first kappa shape index (κ1) is 24.1. The Morgan fingerprint density at radius 1 is 1.03 bits per heavy atom. The van der Waals surface area contributed by atoms with Gasteiger partial charge in [-0.1, -0.05) is 43.0 Å². The molecule has 1 aliphatic carbocycles. The van der Waals surface area contributed by atoms with Crippen molar-refractivity contribution in [3.8, 4) is 5.75 Å². The number of rotatable bonds is 10. The van der Waals surface area contributed by atoms with Crippen LogP contribution in [0.25, 0.3) is 0 Å². The SMILES string of the molecule is O=C(CSCc1ccc(Cl)cc1)N/N=C\c1ccc(OCC(=O)NC2CCCCC2)cc1. The zero-order valence-corrected chi connectivity index (χ0v) is 19.5. The van der Waals surface area contributed by atoms with E-state index in [1.165, 1.54) is 31.0 Å². The van der Waals surface area contributed by atoms with Crippen molar-refractivity contribution in [3.63, 3.8) is 0 Å². The molecule has 2 amide bonds. The quantitative estimate of drug-likeness (QED) is 0.392. The first-order chi connectivity index (χ1) is 15.6. The van der Waals surface area contributed by atoms with Gasteiger partial charge in [0.2, 0.25) is 5.91 Å². The molecule has 1 aliphatic rings. The Balaban J connectivity index is 1.32. The van der Waals surface area contributed by atoms with E-state index in [2.05, 4.69) is 15.8 Å². The summed E-state index contributed by atoms with van der Waals surface area (Å²) in [5, 5.41) is 7.72. The topological polar surface area (TPSA) is 79.8 Å². The van der Waals surface area contributed by atoms with E-state index in [4.69, 9.17) is 16.3 Å².